The zero-order valence-electron chi connectivity index (χ0n) is 11.7. The molecular weight excluding hydrogens is 303 g/mol. The molecule has 0 saturated carbocycles. The van der Waals surface area contributed by atoms with Gasteiger partial charge in [-0.2, -0.15) is 0 Å². The van der Waals surface area contributed by atoms with Crippen LogP contribution in [-0.2, 0) is 19.3 Å². The molecule has 2 aromatic carbocycles. The lowest BCUT2D eigenvalue weighted by Crippen LogP contribution is -2.29. The van der Waals surface area contributed by atoms with Crippen molar-refractivity contribution < 1.29 is 0 Å². The molecule has 2 aromatic rings. The van der Waals surface area contributed by atoms with E-state index in [0.29, 0.717) is 11.4 Å². The van der Waals surface area contributed by atoms with Crippen molar-refractivity contribution in [1.29, 1.82) is 0 Å². The lowest BCUT2D eigenvalue weighted by Gasteiger charge is -2.18. The molecule has 21 heavy (non-hydrogen) atoms. The van der Waals surface area contributed by atoms with E-state index in [1.54, 1.807) is 6.07 Å². The summed E-state index contributed by atoms with van der Waals surface area (Å²) in [7, 11) is 0. The predicted octanol–water partition coefficient (Wildman–Crippen LogP) is 4.23. The summed E-state index contributed by atoms with van der Waals surface area (Å²) in [5.74, 6) is 5.76. The van der Waals surface area contributed by atoms with Gasteiger partial charge in [-0.3, -0.25) is 11.3 Å². The van der Waals surface area contributed by atoms with Crippen LogP contribution in [0, 0.1) is 0 Å². The van der Waals surface area contributed by atoms with Gasteiger partial charge in [-0.05, 0) is 66.1 Å². The quantitative estimate of drug-likeness (QED) is 0.653. The van der Waals surface area contributed by atoms with Crippen molar-refractivity contribution in [3.8, 4) is 0 Å². The molecule has 0 radical (unpaired) electrons. The fourth-order valence-corrected chi connectivity index (χ4v) is 3.39. The van der Waals surface area contributed by atoms with Crippen LogP contribution in [-0.4, -0.2) is 0 Å². The van der Waals surface area contributed by atoms with Gasteiger partial charge in [-0.25, -0.2) is 0 Å². The predicted molar refractivity (Wildman–Crippen MR) is 88.7 cm³/mol. The van der Waals surface area contributed by atoms with Crippen LogP contribution in [0.1, 0.15) is 34.7 Å². The highest BCUT2D eigenvalue weighted by molar-refractivity contribution is 6.33. The molecule has 3 N–H and O–H groups in total. The van der Waals surface area contributed by atoms with Crippen LogP contribution >= 0.6 is 23.2 Å². The maximum atomic E-state index is 6.25. The monoisotopic (exact) mass is 320 g/mol. The van der Waals surface area contributed by atoms with Gasteiger partial charge in [0.1, 0.15) is 0 Å². The van der Waals surface area contributed by atoms with Crippen molar-refractivity contribution in [1.82, 2.24) is 5.43 Å². The lowest BCUT2D eigenvalue weighted by molar-refractivity contribution is 0.551. The first-order chi connectivity index (χ1) is 10.2. The summed E-state index contributed by atoms with van der Waals surface area (Å²) < 4.78 is 0. The van der Waals surface area contributed by atoms with Gasteiger partial charge in [0.2, 0.25) is 0 Å². The average molecular weight is 321 g/mol. The number of rotatable bonds is 4. The molecule has 0 bridgehead atoms. The van der Waals surface area contributed by atoms with E-state index in [4.69, 9.17) is 29.0 Å². The van der Waals surface area contributed by atoms with E-state index in [1.165, 1.54) is 36.0 Å². The summed E-state index contributed by atoms with van der Waals surface area (Å²) in [5.41, 5.74) is 8.03. The molecule has 4 heteroatoms. The molecule has 1 unspecified atom stereocenters. The van der Waals surface area contributed by atoms with Crippen molar-refractivity contribution in [2.45, 2.75) is 31.7 Å². The van der Waals surface area contributed by atoms with Crippen molar-refractivity contribution in [2.75, 3.05) is 0 Å². The van der Waals surface area contributed by atoms with Crippen molar-refractivity contribution in [3.05, 3.63) is 68.7 Å². The van der Waals surface area contributed by atoms with Gasteiger partial charge in [0.25, 0.3) is 0 Å². The van der Waals surface area contributed by atoms with E-state index >= 15 is 0 Å². The van der Waals surface area contributed by atoms with Crippen LogP contribution < -0.4 is 11.3 Å². The van der Waals surface area contributed by atoms with Gasteiger partial charge in [0.15, 0.2) is 0 Å². The van der Waals surface area contributed by atoms with Crippen molar-refractivity contribution >= 4 is 23.2 Å². The highest BCUT2D eigenvalue weighted by Gasteiger charge is 2.17. The van der Waals surface area contributed by atoms with Gasteiger partial charge < -0.3 is 0 Å². The summed E-state index contributed by atoms with van der Waals surface area (Å²) in [4.78, 5) is 0. The first kappa shape index (κ1) is 14.9. The molecule has 0 amide bonds. The molecule has 0 saturated heterocycles. The first-order valence-corrected chi connectivity index (χ1v) is 7.94. The number of fused-ring (bicyclic) bond motifs is 1. The number of halogens is 2. The molecule has 0 heterocycles. The first-order valence-electron chi connectivity index (χ1n) is 7.19. The zero-order chi connectivity index (χ0) is 14.8. The van der Waals surface area contributed by atoms with E-state index in [-0.39, 0.29) is 6.04 Å². The van der Waals surface area contributed by atoms with Crippen LogP contribution in [0.3, 0.4) is 0 Å². The number of hydrogen-bond acceptors (Lipinski definition) is 2. The second kappa shape index (κ2) is 6.37. The second-order valence-corrected chi connectivity index (χ2v) is 6.38. The highest BCUT2D eigenvalue weighted by atomic mass is 35.5. The van der Waals surface area contributed by atoms with E-state index in [1.807, 2.05) is 12.1 Å². The largest absolute Gasteiger partial charge is 0.271 e. The Labute approximate surface area is 135 Å². The minimum Gasteiger partial charge on any atom is -0.271 e. The van der Waals surface area contributed by atoms with Crippen LogP contribution in [0.25, 0.3) is 0 Å². The molecule has 2 nitrogen and oxygen atoms in total. The molecule has 110 valence electrons. The molecular formula is C17H18Cl2N2. The maximum Gasteiger partial charge on any atom is 0.0500 e. The summed E-state index contributed by atoms with van der Waals surface area (Å²) in [6.45, 7) is 0. The maximum absolute atomic E-state index is 6.25. The summed E-state index contributed by atoms with van der Waals surface area (Å²) in [5, 5.41) is 1.42. The Bertz CT molecular complexity index is 655. The summed E-state index contributed by atoms with van der Waals surface area (Å²) in [6, 6.07) is 12.2. The van der Waals surface area contributed by atoms with Crippen LogP contribution in [0.2, 0.25) is 10.0 Å². The third-order valence-corrected chi connectivity index (χ3v) is 4.76. The van der Waals surface area contributed by atoms with Gasteiger partial charge in [-0.15, -0.1) is 0 Å². The molecule has 1 atom stereocenters. The second-order valence-electron chi connectivity index (χ2n) is 5.54. The minimum absolute atomic E-state index is 0.0341. The molecule has 0 aliphatic heterocycles. The molecule has 0 spiro atoms. The molecule has 1 aliphatic rings. The fraction of sp³-hybridized carbons (Fsp3) is 0.294. The van der Waals surface area contributed by atoms with Crippen LogP contribution in [0.4, 0.5) is 0 Å². The Hall–Kier alpha value is -1.06. The van der Waals surface area contributed by atoms with E-state index in [9.17, 15) is 0 Å². The van der Waals surface area contributed by atoms with E-state index < -0.39 is 0 Å². The smallest absolute Gasteiger partial charge is 0.0500 e. The normalized spacial score (nSPS) is 15.0. The Kier molecular flexibility index (Phi) is 4.51. The average Bonchev–Trinajstić information content (AvgIpc) is 2.95. The molecule has 0 aromatic heterocycles. The lowest BCUT2D eigenvalue weighted by atomic mass is 9.96. The molecule has 1 aliphatic carbocycles. The molecule has 0 fully saturated rings. The Morgan fingerprint density at radius 3 is 2.67 bits per heavy atom. The Morgan fingerprint density at radius 2 is 1.86 bits per heavy atom. The zero-order valence-corrected chi connectivity index (χ0v) is 13.2. The number of nitrogens with one attached hydrogen (secondary N) is 1. The van der Waals surface area contributed by atoms with E-state index in [2.05, 4.69) is 23.6 Å². The van der Waals surface area contributed by atoms with Crippen LogP contribution in [0.15, 0.2) is 36.4 Å². The number of aryl methyl sites for hydroxylation is 2. The number of nitrogens with two attached hydrogens (primary N) is 1. The number of hydrazine groups is 1. The fourth-order valence-electron chi connectivity index (χ4n) is 3.00. The third-order valence-electron chi connectivity index (χ3n) is 4.16. The summed E-state index contributed by atoms with van der Waals surface area (Å²) in [6.07, 6.45) is 4.32. The number of hydrogen-bond donors (Lipinski definition) is 2. The Balaban J connectivity index is 1.86. The Morgan fingerprint density at radius 1 is 1.05 bits per heavy atom. The van der Waals surface area contributed by atoms with Crippen molar-refractivity contribution in [3.63, 3.8) is 0 Å². The van der Waals surface area contributed by atoms with Gasteiger partial charge >= 0.3 is 0 Å². The van der Waals surface area contributed by atoms with Crippen molar-refractivity contribution in [2.24, 2.45) is 5.84 Å². The SMILES string of the molecule is NNC(Cc1cc(Cl)ccc1Cl)c1ccc2c(c1)CCC2. The van der Waals surface area contributed by atoms with Crippen LogP contribution in [0.5, 0.6) is 0 Å². The highest BCUT2D eigenvalue weighted by Crippen LogP contribution is 2.29. The molecule has 3 rings (SSSR count). The standard InChI is InChI=1S/C17H18Cl2N2/c18-15-6-7-16(19)14(9-15)10-17(21-20)13-5-4-11-2-1-3-12(11)8-13/h4-9,17,21H,1-3,10,20H2. The topological polar surface area (TPSA) is 38.0 Å². The minimum atomic E-state index is 0.0341. The van der Waals surface area contributed by atoms with E-state index in [0.717, 1.165) is 10.6 Å². The van der Waals surface area contributed by atoms with Gasteiger partial charge in [-0.1, -0.05) is 41.4 Å². The van der Waals surface area contributed by atoms with Gasteiger partial charge in [0.05, 0.1) is 6.04 Å². The summed E-state index contributed by atoms with van der Waals surface area (Å²) >= 11 is 12.3. The number of benzene rings is 2. The van der Waals surface area contributed by atoms with Gasteiger partial charge in [0, 0.05) is 10.0 Å². The third kappa shape index (κ3) is 3.24.